The number of nitrogens with zero attached hydrogens (tertiary/aromatic N) is 4. The Bertz CT molecular complexity index is 1130. The number of likely N-dealkylation sites (tertiary alicyclic amines) is 1. The highest BCUT2D eigenvalue weighted by atomic mass is 16.2. The maximum atomic E-state index is 12.9. The SMILES string of the molecule is CN(C)CC1CCN(C(=O)c2ccc(-c3cnc(N)c(C(=O)Nc4ccccc4)n3)cc2)C1. The average molecular weight is 445 g/mol. The molecule has 1 saturated heterocycles. The van der Waals surface area contributed by atoms with Crippen LogP contribution in [0, 0.1) is 5.92 Å². The van der Waals surface area contributed by atoms with Crippen LogP contribution < -0.4 is 11.1 Å². The molecule has 3 aromatic rings. The molecule has 8 nitrogen and oxygen atoms in total. The lowest BCUT2D eigenvalue weighted by atomic mass is 10.1. The van der Waals surface area contributed by atoms with Crippen LogP contribution in [0.5, 0.6) is 0 Å². The minimum atomic E-state index is -0.429. The molecule has 1 aliphatic heterocycles. The first-order chi connectivity index (χ1) is 15.9. The van der Waals surface area contributed by atoms with Crippen LogP contribution >= 0.6 is 0 Å². The molecule has 2 heterocycles. The van der Waals surface area contributed by atoms with Gasteiger partial charge in [0.15, 0.2) is 11.5 Å². The zero-order valence-electron chi connectivity index (χ0n) is 18.9. The van der Waals surface area contributed by atoms with Crippen LogP contribution in [0.3, 0.4) is 0 Å². The Labute approximate surface area is 193 Å². The fourth-order valence-corrected chi connectivity index (χ4v) is 4.07. The van der Waals surface area contributed by atoms with E-state index in [-0.39, 0.29) is 17.4 Å². The van der Waals surface area contributed by atoms with E-state index in [2.05, 4.69) is 34.3 Å². The van der Waals surface area contributed by atoms with E-state index < -0.39 is 5.91 Å². The summed E-state index contributed by atoms with van der Waals surface area (Å²) >= 11 is 0. The highest BCUT2D eigenvalue weighted by molar-refractivity contribution is 6.06. The van der Waals surface area contributed by atoms with Crippen molar-refractivity contribution in [3.63, 3.8) is 0 Å². The zero-order valence-corrected chi connectivity index (χ0v) is 18.9. The lowest BCUT2D eigenvalue weighted by Gasteiger charge is -2.18. The van der Waals surface area contributed by atoms with E-state index >= 15 is 0 Å². The molecule has 1 unspecified atom stereocenters. The standard InChI is InChI=1S/C25H28N6O2/c1-30(2)15-17-12-13-31(16-17)25(33)19-10-8-18(9-11-19)21-14-27-23(26)22(29-21)24(32)28-20-6-4-3-5-7-20/h3-11,14,17H,12-13,15-16H2,1-2H3,(H2,26,27)(H,28,32). The summed E-state index contributed by atoms with van der Waals surface area (Å²) in [7, 11) is 4.11. The lowest BCUT2D eigenvalue weighted by Crippen LogP contribution is -2.30. The molecule has 1 fully saturated rings. The van der Waals surface area contributed by atoms with Crippen LogP contribution in [-0.2, 0) is 0 Å². The number of amides is 2. The van der Waals surface area contributed by atoms with Crippen molar-refractivity contribution in [2.24, 2.45) is 5.92 Å². The first-order valence-corrected chi connectivity index (χ1v) is 10.9. The summed E-state index contributed by atoms with van der Waals surface area (Å²) < 4.78 is 0. The molecule has 0 aliphatic carbocycles. The predicted molar refractivity (Wildman–Crippen MR) is 129 cm³/mol. The van der Waals surface area contributed by atoms with Crippen molar-refractivity contribution in [1.29, 1.82) is 0 Å². The Morgan fingerprint density at radius 3 is 2.55 bits per heavy atom. The monoisotopic (exact) mass is 444 g/mol. The summed E-state index contributed by atoms with van der Waals surface area (Å²) in [6.45, 7) is 2.54. The fraction of sp³-hybridized carbons (Fsp3) is 0.280. The zero-order chi connectivity index (χ0) is 23.4. The Morgan fingerprint density at radius 2 is 1.85 bits per heavy atom. The summed E-state index contributed by atoms with van der Waals surface area (Å²) in [5.41, 5.74) is 8.50. The third-order valence-corrected chi connectivity index (χ3v) is 5.67. The van der Waals surface area contributed by atoms with Gasteiger partial charge in [-0.1, -0.05) is 30.3 Å². The number of carbonyl (C=O) groups is 2. The maximum Gasteiger partial charge on any atom is 0.278 e. The minimum Gasteiger partial charge on any atom is -0.382 e. The van der Waals surface area contributed by atoms with Gasteiger partial charge in [0.2, 0.25) is 0 Å². The lowest BCUT2D eigenvalue weighted by molar-refractivity contribution is 0.0785. The second-order valence-corrected chi connectivity index (χ2v) is 8.55. The Kier molecular flexibility index (Phi) is 6.65. The number of hydrogen-bond acceptors (Lipinski definition) is 6. The van der Waals surface area contributed by atoms with E-state index in [9.17, 15) is 9.59 Å². The quantitative estimate of drug-likeness (QED) is 0.606. The van der Waals surface area contributed by atoms with Gasteiger partial charge >= 0.3 is 0 Å². The van der Waals surface area contributed by atoms with Crippen molar-refractivity contribution in [2.75, 3.05) is 44.8 Å². The highest BCUT2D eigenvalue weighted by Crippen LogP contribution is 2.23. The number of anilines is 2. The molecular formula is C25H28N6O2. The number of nitrogen functional groups attached to an aromatic ring is 1. The molecular weight excluding hydrogens is 416 g/mol. The van der Waals surface area contributed by atoms with Crippen molar-refractivity contribution in [3.05, 3.63) is 72.1 Å². The van der Waals surface area contributed by atoms with E-state index in [1.807, 2.05) is 35.2 Å². The van der Waals surface area contributed by atoms with Crippen LogP contribution in [-0.4, -0.2) is 65.3 Å². The first kappa shape index (κ1) is 22.4. The van der Waals surface area contributed by atoms with Gasteiger partial charge in [-0.25, -0.2) is 9.97 Å². The minimum absolute atomic E-state index is 0.0362. The summed E-state index contributed by atoms with van der Waals surface area (Å²) in [5.74, 6) is 0.171. The molecule has 3 N–H and O–H groups in total. The van der Waals surface area contributed by atoms with Gasteiger partial charge in [-0.2, -0.15) is 0 Å². The van der Waals surface area contributed by atoms with Crippen molar-refractivity contribution in [2.45, 2.75) is 6.42 Å². The van der Waals surface area contributed by atoms with E-state index in [1.54, 1.807) is 24.3 Å². The number of aromatic nitrogens is 2. The van der Waals surface area contributed by atoms with E-state index in [0.717, 1.165) is 31.6 Å². The molecule has 2 aromatic carbocycles. The van der Waals surface area contributed by atoms with Crippen molar-refractivity contribution < 1.29 is 9.59 Å². The summed E-state index contributed by atoms with van der Waals surface area (Å²) in [6.07, 6.45) is 2.55. The summed E-state index contributed by atoms with van der Waals surface area (Å²) in [6, 6.07) is 16.3. The number of hydrogen-bond donors (Lipinski definition) is 2. The van der Waals surface area contributed by atoms with Crippen LogP contribution in [0.4, 0.5) is 11.5 Å². The van der Waals surface area contributed by atoms with Crippen LogP contribution in [0.25, 0.3) is 11.3 Å². The Balaban J connectivity index is 1.47. The van der Waals surface area contributed by atoms with Gasteiger partial charge in [0, 0.05) is 36.4 Å². The smallest absolute Gasteiger partial charge is 0.278 e. The maximum absolute atomic E-state index is 12.9. The van der Waals surface area contributed by atoms with Crippen molar-refractivity contribution in [1.82, 2.24) is 19.8 Å². The van der Waals surface area contributed by atoms with Crippen LogP contribution in [0.15, 0.2) is 60.8 Å². The molecule has 0 saturated carbocycles. The van der Waals surface area contributed by atoms with Gasteiger partial charge in [-0.3, -0.25) is 9.59 Å². The molecule has 0 bridgehead atoms. The van der Waals surface area contributed by atoms with Crippen LogP contribution in [0.2, 0.25) is 0 Å². The number of carbonyl (C=O) groups excluding carboxylic acids is 2. The van der Waals surface area contributed by atoms with Crippen molar-refractivity contribution >= 4 is 23.3 Å². The largest absolute Gasteiger partial charge is 0.382 e. The van der Waals surface area contributed by atoms with Crippen molar-refractivity contribution in [3.8, 4) is 11.3 Å². The molecule has 170 valence electrons. The molecule has 1 aromatic heterocycles. The number of rotatable bonds is 6. The van der Waals surface area contributed by atoms with Gasteiger partial charge in [-0.05, 0) is 50.7 Å². The molecule has 0 radical (unpaired) electrons. The molecule has 1 aliphatic rings. The molecule has 8 heteroatoms. The second kappa shape index (κ2) is 9.79. The predicted octanol–water partition coefficient (Wildman–Crippen LogP) is 3.00. The first-order valence-electron chi connectivity index (χ1n) is 10.9. The van der Waals surface area contributed by atoms with E-state index in [0.29, 0.717) is 22.9 Å². The third kappa shape index (κ3) is 5.35. The summed E-state index contributed by atoms with van der Waals surface area (Å²) in [5, 5.41) is 2.77. The number of nitrogens with one attached hydrogen (secondary N) is 1. The van der Waals surface area contributed by atoms with Gasteiger partial charge in [0.1, 0.15) is 0 Å². The fourth-order valence-electron chi connectivity index (χ4n) is 4.07. The Morgan fingerprint density at radius 1 is 1.12 bits per heavy atom. The molecule has 1 atom stereocenters. The normalized spacial score (nSPS) is 15.6. The van der Waals surface area contributed by atoms with Gasteiger partial charge in [0.25, 0.3) is 11.8 Å². The second-order valence-electron chi connectivity index (χ2n) is 8.55. The topological polar surface area (TPSA) is 104 Å². The summed E-state index contributed by atoms with van der Waals surface area (Å²) in [4.78, 5) is 38.2. The number of para-hydroxylation sites is 1. The highest BCUT2D eigenvalue weighted by Gasteiger charge is 2.27. The Hall–Kier alpha value is -3.78. The van der Waals surface area contributed by atoms with Crippen LogP contribution in [0.1, 0.15) is 27.3 Å². The van der Waals surface area contributed by atoms with E-state index in [1.165, 1.54) is 6.20 Å². The van der Waals surface area contributed by atoms with E-state index in [4.69, 9.17) is 5.73 Å². The number of benzene rings is 2. The molecule has 2 amide bonds. The van der Waals surface area contributed by atoms with Gasteiger partial charge in [-0.15, -0.1) is 0 Å². The molecule has 33 heavy (non-hydrogen) atoms. The average Bonchev–Trinajstić information content (AvgIpc) is 3.27. The van der Waals surface area contributed by atoms with Gasteiger partial charge < -0.3 is 20.9 Å². The molecule has 4 rings (SSSR count). The molecule has 0 spiro atoms. The third-order valence-electron chi connectivity index (χ3n) is 5.67. The number of nitrogens with two attached hydrogens (primary N) is 1. The van der Waals surface area contributed by atoms with Gasteiger partial charge in [0.05, 0.1) is 11.9 Å².